The quantitative estimate of drug-likeness (QED) is 0.645. The van der Waals surface area contributed by atoms with Crippen LogP contribution in [0.4, 0.5) is 0 Å². The molecular weight excluding hydrogens is 386 g/mol. The van der Waals surface area contributed by atoms with Gasteiger partial charge in [-0.1, -0.05) is 66.9 Å². The Bertz CT molecular complexity index is 1030. The number of fused-ring (bicyclic) bond motifs is 1. The molecule has 1 amide bonds. The largest absolute Gasteiger partial charge is 0.336 e. The minimum absolute atomic E-state index is 0.00895. The molecule has 0 unspecified atom stereocenters. The Kier molecular flexibility index (Phi) is 5.98. The fourth-order valence-corrected chi connectivity index (χ4v) is 5.19. The third kappa shape index (κ3) is 4.49. The minimum atomic E-state index is 0.00895. The summed E-state index contributed by atoms with van der Waals surface area (Å²) in [5, 5.41) is 10.9. The Balaban J connectivity index is 1.24. The van der Waals surface area contributed by atoms with Crippen molar-refractivity contribution >= 4 is 16.7 Å². The van der Waals surface area contributed by atoms with Gasteiger partial charge in [0, 0.05) is 32.2 Å². The summed E-state index contributed by atoms with van der Waals surface area (Å²) < 4.78 is 1.78. The van der Waals surface area contributed by atoms with Crippen LogP contribution in [0.25, 0.3) is 10.8 Å². The molecule has 0 bridgehead atoms. The maximum absolute atomic E-state index is 13.1. The standard InChI is InChI=1S/C25H31N5O/c31-25(29-15-7-14-28(16-17-29)22-11-2-1-3-12-22)24-19-30(27-26-24)18-21-10-6-9-20-8-4-5-13-23(20)21/h4-6,8-10,13,19,22H,1-3,7,11-12,14-18H2. The monoisotopic (exact) mass is 417 g/mol. The number of amides is 1. The number of carbonyl (C=O) groups is 1. The van der Waals surface area contributed by atoms with Gasteiger partial charge in [0.2, 0.25) is 0 Å². The van der Waals surface area contributed by atoms with E-state index in [1.54, 1.807) is 10.9 Å². The first kappa shape index (κ1) is 20.2. The Labute approximate surface area is 183 Å². The highest BCUT2D eigenvalue weighted by molar-refractivity contribution is 5.92. The van der Waals surface area contributed by atoms with E-state index in [1.165, 1.54) is 48.4 Å². The van der Waals surface area contributed by atoms with Gasteiger partial charge in [-0.05, 0) is 35.6 Å². The molecule has 6 heteroatoms. The van der Waals surface area contributed by atoms with Crippen LogP contribution in [0.1, 0.15) is 54.6 Å². The van der Waals surface area contributed by atoms with Crippen molar-refractivity contribution in [1.82, 2.24) is 24.8 Å². The molecule has 0 spiro atoms. The van der Waals surface area contributed by atoms with Gasteiger partial charge in [0.25, 0.3) is 5.91 Å². The molecule has 162 valence electrons. The summed E-state index contributed by atoms with van der Waals surface area (Å²) in [6.07, 6.45) is 9.55. The summed E-state index contributed by atoms with van der Waals surface area (Å²) in [6, 6.07) is 15.4. The normalized spacial score (nSPS) is 18.9. The van der Waals surface area contributed by atoms with Crippen LogP contribution in [0.15, 0.2) is 48.7 Å². The number of nitrogens with zero attached hydrogens (tertiary/aromatic N) is 5. The van der Waals surface area contributed by atoms with E-state index in [4.69, 9.17) is 0 Å². The van der Waals surface area contributed by atoms with E-state index >= 15 is 0 Å². The first-order chi connectivity index (χ1) is 15.3. The highest BCUT2D eigenvalue weighted by Crippen LogP contribution is 2.24. The fourth-order valence-electron chi connectivity index (χ4n) is 5.19. The van der Waals surface area contributed by atoms with E-state index in [-0.39, 0.29) is 5.91 Å². The second kappa shape index (κ2) is 9.18. The molecule has 0 atom stereocenters. The SMILES string of the molecule is O=C(c1cn(Cc2cccc3ccccc23)nn1)N1CCCN(C2CCCCC2)CC1. The molecule has 1 saturated carbocycles. The maximum atomic E-state index is 13.1. The van der Waals surface area contributed by atoms with Crippen LogP contribution in [0.5, 0.6) is 0 Å². The first-order valence-corrected chi connectivity index (χ1v) is 11.7. The summed E-state index contributed by atoms with van der Waals surface area (Å²) in [5.74, 6) is 0.00895. The Morgan fingerprint density at radius 2 is 1.74 bits per heavy atom. The fraction of sp³-hybridized carbons (Fsp3) is 0.480. The molecular formula is C25H31N5O. The van der Waals surface area contributed by atoms with Crippen molar-refractivity contribution in [2.24, 2.45) is 0 Å². The van der Waals surface area contributed by atoms with Gasteiger partial charge < -0.3 is 4.90 Å². The summed E-state index contributed by atoms with van der Waals surface area (Å²) in [4.78, 5) is 17.7. The predicted octanol–water partition coefficient (Wildman–Crippen LogP) is 3.96. The van der Waals surface area contributed by atoms with E-state index in [1.807, 2.05) is 4.90 Å². The van der Waals surface area contributed by atoms with Gasteiger partial charge in [-0.15, -0.1) is 5.10 Å². The molecule has 2 fully saturated rings. The average Bonchev–Trinajstić information content (AvgIpc) is 3.14. The second-order valence-electron chi connectivity index (χ2n) is 8.91. The van der Waals surface area contributed by atoms with Crippen molar-refractivity contribution in [3.63, 3.8) is 0 Å². The molecule has 2 aliphatic rings. The van der Waals surface area contributed by atoms with Gasteiger partial charge in [0.05, 0.1) is 12.7 Å². The number of hydrogen-bond donors (Lipinski definition) is 0. The van der Waals surface area contributed by atoms with Crippen molar-refractivity contribution in [2.75, 3.05) is 26.2 Å². The molecule has 3 aromatic rings. The highest BCUT2D eigenvalue weighted by Gasteiger charge is 2.26. The summed E-state index contributed by atoms with van der Waals surface area (Å²) >= 11 is 0. The molecule has 6 nitrogen and oxygen atoms in total. The zero-order chi connectivity index (χ0) is 21.0. The maximum Gasteiger partial charge on any atom is 0.276 e. The lowest BCUT2D eigenvalue weighted by atomic mass is 9.94. The van der Waals surface area contributed by atoms with Gasteiger partial charge in [-0.3, -0.25) is 9.69 Å². The lowest BCUT2D eigenvalue weighted by Crippen LogP contribution is -2.40. The smallest absolute Gasteiger partial charge is 0.276 e. The van der Waals surface area contributed by atoms with Crippen LogP contribution in [-0.2, 0) is 6.54 Å². The number of carbonyl (C=O) groups excluding carboxylic acids is 1. The summed E-state index contributed by atoms with van der Waals surface area (Å²) in [5.41, 5.74) is 1.63. The lowest BCUT2D eigenvalue weighted by Gasteiger charge is -2.33. The Morgan fingerprint density at radius 1 is 0.903 bits per heavy atom. The minimum Gasteiger partial charge on any atom is -0.336 e. The Hall–Kier alpha value is -2.73. The van der Waals surface area contributed by atoms with E-state index in [9.17, 15) is 4.79 Å². The molecule has 1 aliphatic heterocycles. The van der Waals surface area contributed by atoms with Crippen LogP contribution >= 0.6 is 0 Å². The lowest BCUT2D eigenvalue weighted by molar-refractivity contribution is 0.0749. The van der Waals surface area contributed by atoms with Crippen LogP contribution in [-0.4, -0.2) is 62.9 Å². The summed E-state index contributed by atoms with van der Waals surface area (Å²) in [6.45, 7) is 4.27. The van der Waals surface area contributed by atoms with Crippen molar-refractivity contribution < 1.29 is 4.79 Å². The van der Waals surface area contributed by atoms with E-state index in [0.717, 1.165) is 32.6 Å². The third-order valence-electron chi connectivity index (χ3n) is 6.88. The molecule has 1 aliphatic carbocycles. The third-order valence-corrected chi connectivity index (χ3v) is 6.88. The van der Waals surface area contributed by atoms with E-state index in [2.05, 4.69) is 57.7 Å². The molecule has 0 radical (unpaired) electrons. The number of aromatic nitrogens is 3. The molecule has 5 rings (SSSR count). The second-order valence-corrected chi connectivity index (χ2v) is 8.91. The zero-order valence-electron chi connectivity index (χ0n) is 18.1. The van der Waals surface area contributed by atoms with Gasteiger partial charge in [0.1, 0.15) is 0 Å². The summed E-state index contributed by atoms with van der Waals surface area (Å²) in [7, 11) is 0. The molecule has 2 heterocycles. The zero-order valence-corrected chi connectivity index (χ0v) is 18.1. The van der Waals surface area contributed by atoms with Gasteiger partial charge >= 0.3 is 0 Å². The molecule has 2 aromatic carbocycles. The molecule has 0 N–H and O–H groups in total. The van der Waals surface area contributed by atoms with Crippen molar-refractivity contribution in [3.05, 3.63) is 59.9 Å². The van der Waals surface area contributed by atoms with Crippen molar-refractivity contribution in [2.45, 2.75) is 51.1 Å². The predicted molar refractivity (Wildman–Crippen MR) is 122 cm³/mol. The van der Waals surface area contributed by atoms with Gasteiger partial charge in [0.15, 0.2) is 5.69 Å². The van der Waals surface area contributed by atoms with Crippen LogP contribution in [0.3, 0.4) is 0 Å². The van der Waals surface area contributed by atoms with E-state index < -0.39 is 0 Å². The highest BCUT2D eigenvalue weighted by atomic mass is 16.2. The van der Waals surface area contributed by atoms with Gasteiger partial charge in [-0.2, -0.15) is 0 Å². The number of benzene rings is 2. The van der Waals surface area contributed by atoms with Crippen LogP contribution in [0, 0.1) is 0 Å². The van der Waals surface area contributed by atoms with E-state index in [0.29, 0.717) is 18.3 Å². The molecule has 1 aromatic heterocycles. The number of rotatable bonds is 4. The van der Waals surface area contributed by atoms with Crippen molar-refractivity contribution in [1.29, 1.82) is 0 Å². The average molecular weight is 418 g/mol. The first-order valence-electron chi connectivity index (χ1n) is 11.7. The topological polar surface area (TPSA) is 54.3 Å². The number of hydrogen-bond acceptors (Lipinski definition) is 4. The van der Waals surface area contributed by atoms with Crippen molar-refractivity contribution in [3.8, 4) is 0 Å². The molecule has 1 saturated heterocycles. The van der Waals surface area contributed by atoms with Gasteiger partial charge in [-0.25, -0.2) is 4.68 Å². The van der Waals surface area contributed by atoms with Crippen LogP contribution in [0.2, 0.25) is 0 Å². The Morgan fingerprint density at radius 3 is 2.65 bits per heavy atom. The molecule has 31 heavy (non-hydrogen) atoms. The van der Waals surface area contributed by atoms with Crippen LogP contribution < -0.4 is 0 Å².